The number of methoxy groups -OCH3 is 1. The van der Waals surface area contributed by atoms with Crippen LogP contribution in [0.4, 0.5) is 0 Å². The van der Waals surface area contributed by atoms with Crippen molar-refractivity contribution >= 4 is 28.4 Å². The maximum atomic E-state index is 11.0. The minimum Gasteiger partial charge on any atom is -0.496 e. The van der Waals surface area contributed by atoms with Crippen LogP contribution in [0.1, 0.15) is 17.3 Å². The van der Waals surface area contributed by atoms with Crippen molar-refractivity contribution in [2.45, 2.75) is 6.92 Å². The fraction of sp³-hybridized carbons (Fsp3) is 0.222. The minimum atomic E-state index is 0.0792. The van der Waals surface area contributed by atoms with Crippen LogP contribution in [0, 0.1) is 3.57 Å². The Morgan fingerprint density at radius 1 is 1.50 bits per heavy atom. The van der Waals surface area contributed by atoms with Gasteiger partial charge in [-0.3, -0.25) is 4.79 Å². The Bertz CT molecular complexity index is 307. The summed E-state index contributed by atoms with van der Waals surface area (Å²) in [4.78, 5) is 11.0. The zero-order chi connectivity index (χ0) is 9.14. The van der Waals surface area contributed by atoms with Crippen molar-refractivity contribution in [2.24, 2.45) is 0 Å². The van der Waals surface area contributed by atoms with Crippen LogP contribution in [-0.2, 0) is 0 Å². The molecule has 1 aromatic rings. The maximum absolute atomic E-state index is 11.0. The zero-order valence-corrected chi connectivity index (χ0v) is 9.08. The van der Waals surface area contributed by atoms with Crippen LogP contribution in [0.25, 0.3) is 0 Å². The molecule has 0 unspecified atom stereocenters. The van der Waals surface area contributed by atoms with Crippen molar-refractivity contribution in [1.29, 1.82) is 0 Å². The molecular weight excluding hydrogens is 267 g/mol. The van der Waals surface area contributed by atoms with Crippen LogP contribution in [0.2, 0.25) is 0 Å². The van der Waals surface area contributed by atoms with Gasteiger partial charge in [0, 0.05) is 5.56 Å². The Kier molecular flexibility index (Phi) is 3.08. The van der Waals surface area contributed by atoms with Gasteiger partial charge in [-0.1, -0.05) is 0 Å². The number of carbonyl (C=O) groups excluding carboxylic acids is 1. The first-order valence-corrected chi connectivity index (χ1v) is 4.57. The molecule has 0 aliphatic carbocycles. The fourth-order valence-electron chi connectivity index (χ4n) is 0.885. The van der Waals surface area contributed by atoms with E-state index in [2.05, 4.69) is 22.6 Å². The molecule has 0 saturated heterocycles. The van der Waals surface area contributed by atoms with Gasteiger partial charge in [-0.05, 0) is 47.7 Å². The highest BCUT2D eigenvalue weighted by molar-refractivity contribution is 14.1. The molecule has 0 radical (unpaired) electrons. The number of carbonyl (C=O) groups is 1. The molecule has 0 spiro atoms. The van der Waals surface area contributed by atoms with Crippen LogP contribution < -0.4 is 4.74 Å². The van der Waals surface area contributed by atoms with E-state index in [9.17, 15) is 4.79 Å². The molecule has 0 amide bonds. The van der Waals surface area contributed by atoms with Crippen molar-refractivity contribution in [3.63, 3.8) is 0 Å². The quantitative estimate of drug-likeness (QED) is 0.612. The molecule has 0 heterocycles. The largest absolute Gasteiger partial charge is 0.496 e. The number of ketones is 1. The van der Waals surface area contributed by atoms with E-state index in [0.717, 1.165) is 14.9 Å². The summed E-state index contributed by atoms with van der Waals surface area (Å²) in [7, 11) is 1.62. The number of ether oxygens (including phenoxy) is 1. The van der Waals surface area contributed by atoms with E-state index in [0.29, 0.717) is 0 Å². The molecule has 0 aliphatic heterocycles. The van der Waals surface area contributed by atoms with Gasteiger partial charge in [0.25, 0.3) is 0 Å². The summed E-state index contributed by atoms with van der Waals surface area (Å²) in [6, 6.07) is 5.39. The van der Waals surface area contributed by atoms with Gasteiger partial charge >= 0.3 is 0 Å². The second kappa shape index (κ2) is 3.89. The van der Waals surface area contributed by atoms with Crippen molar-refractivity contribution in [3.8, 4) is 5.75 Å². The lowest BCUT2D eigenvalue weighted by molar-refractivity contribution is 0.101. The Morgan fingerprint density at radius 2 is 2.17 bits per heavy atom. The average molecular weight is 276 g/mol. The first-order valence-electron chi connectivity index (χ1n) is 3.49. The van der Waals surface area contributed by atoms with Gasteiger partial charge in [-0.25, -0.2) is 0 Å². The Morgan fingerprint density at radius 3 is 2.58 bits per heavy atom. The van der Waals surface area contributed by atoms with E-state index >= 15 is 0 Å². The molecule has 1 rings (SSSR count). The topological polar surface area (TPSA) is 26.3 Å². The third-order valence-electron chi connectivity index (χ3n) is 1.56. The normalized spacial score (nSPS) is 9.58. The molecule has 0 atom stereocenters. The summed E-state index contributed by atoms with van der Waals surface area (Å²) in [6.07, 6.45) is 0. The number of benzene rings is 1. The molecule has 0 saturated carbocycles. The summed E-state index contributed by atoms with van der Waals surface area (Å²) < 4.78 is 6.02. The molecule has 0 N–H and O–H groups in total. The lowest BCUT2D eigenvalue weighted by atomic mass is 10.1. The molecule has 12 heavy (non-hydrogen) atoms. The van der Waals surface area contributed by atoms with Gasteiger partial charge in [0.2, 0.25) is 0 Å². The molecule has 1 aromatic carbocycles. The molecule has 64 valence electrons. The summed E-state index contributed by atoms with van der Waals surface area (Å²) >= 11 is 2.14. The van der Waals surface area contributed by atoms with Gasteiger partial charge in [-0.2, -0.15) is 0 Å². The zero-order valence-electron chi connectivity index (χ0n) is 6.93. The number of hydrogen-bond donors (Lipinski definition) is 0. The van der Waals surface area contributed by atoms with E-state index in [4.69, 9.17) is 4.74 Å². The first kappa shape index (κ1) is 9.51. The second-order valence-corrected chi connectivity index (χ2v) is 3.57. The third-order valence-corrected chi connectivity index (χ3v) is 2.40. The molecular formula is C9H9IO2. The lowest BCUT2D eigenvalue weighted by Gasteiger charge is -2.03. The van der Waals surface area contributed by atoms with E-state index in [-0.39, 0.29) is 5.78 Å². The van der Waals surface area contributed by atoms with Gasteiger partial charge in [0.05, 0.1) is 10.7 Å². The second-order valence-electron chi connectivity index (χ2n) is 2.41. The molecule has 3 heteroatoms. The summed E-state index contributed by atoms with van der Waals surface area (Å²) in [6.45, 7) is 1.55. The summed E-state index contributed by atoms with van der Waals surface area (Å²) in [5, 5.41) is 0. The van der Waals surface area contributed by atoms with Gasteiger partial charge in [-0.15, -0.1) is 0 Å². The van der Waals surface area contributed by atoms with Crippen molar-refractivity contribution in [3.05, 3.63) is 27.3 Å². The Hall–Kier alpha value is -0.580. The number of hydrogen-bond acceptors (Lipinski definition) is 2. The van der Waals surface area contributed by atoms with Crippen LogP contribution in [0.3, 0.4) is 0 Å². The third kappa shape index (κ3) is 1.97. The molecule has 0 bridgehead atoms. The predicted molar refractivity (Wildman–Crippen MR) is 55.7 cm³/mol. The molecule has 2 nitrogen and oxygen atoms in total. The Balaban J connectivity index is 3.10. The highest BCUT2D eigenvalue weighted by atomic mass is 127. The van der Waals surface area contributed by atoms with Crippen LogP contribution in [0.15, 0.2) is 18.2 Å². The minimum absolute atomic E-state index is 0.0792. The number of halogens is 1. The maximum Gasteiger partial charge on any atom is 0.159 e. The highest BCUT2D eigenvalue weighted by Crippen LogP contribution is 2.21. The van der Waals surface area contributed by atoms with Gasteiger partial charge < -0.3 is 4.74 Å². The lowest BCUT2D eigenvalue weighted by Crippen LogP contribution is -1.94. The number of Topliss-reactive ketones (excluding diaryl/α,β-unsaturated/α-hetero) is 1. The van der Waals surface area contributed by atoms with Crippen LogP contribution >= 0.6 is 22.6 Å². The molecule has 0 aromatic heterocycles. The summed E-state index contributed by atoms with van der Waals surface area (Å²) in [5.74, 6) is 0.885. The standard InChI is InChI=1S/C9H9IO2/c1-6(11)7-3-4-9(12-2)8(10)5-7/h3-5H,1-2H3. The van der Waals surface area contributed by atoms with Gasteiger partial charge in [0.1, 0.15) is 5.75 Å². The fourth-order valence-corrected chi connectivity index (χ4v) is 1.62. The summed E-state index contributed by atoms with van der Waals surface area (Å²) in [5.41, 5.74) is 0.722. The average Bonchev–Trinajstić information content (AvgIpc) is 2.04. The molecule has 0 aliphatic rings. The Labute approximate surface area is 85.1 Å². The van der Waals surface area contributed by atoms with Crippen LogP contribution in [-0.4, -0.2) is 12.9 Å². The first-order chi connectivity index (χ1) is 5.65. The SMILES string of the molecule is COc1ccc(C(C)=O)cc1I. The molecule has 0 fully saturated rings. The van der Waals surface area contributed by atoms with E-state index < -0.39 is 0 Å². The van der Waals surface area contributed by atoms with Crippen molar-refractivity contribution in [2.75, 3.05) is 7.11 Å². The van der Waals surface area contributed by atoms with E-state index in [1.54, 1.807) is 26.2 Å². The van der Waals surface area contributed by atoms with E-state index in [1.165, 1.54) is 0 Å². The van der Waals surface area contributed by atoms with Gasteiger partial charge in [0.15, 0.2) is 5.78 Å². The predicted octanol–water partition coefficient (Wildman–Crippen LogP) is 2.50. The smallest absolute Gasteiger partial charge is 0.159 e. The van der Waals surface area contributed by atoms with Crippen LogP contribution in [0.5, 0.6) is 5.75 Å². The number of rotatable bonds is 2. The van der Waals surface area contributed by atoms with Crippen molar-refractivity contribution in [1.82, 2.24) is 0 Å². The van der Waals surface area contributed by atoms with E-state index in [1.807, 2.05) is 6.07 Å². The highest BCUT2D eigenvalue weighted by Gasteiger charge is 2.03. The van der Waals surface area contributed by atoms with Crippen molar-refractivity contribution < 1.29 is 9.53 Å². The monoisotopic (exact) mass is 276 g/mol.